The van der Waals surface area contributed by atoms with Crippen LogP contribution in [-0.4, -0.2) is 35.3 Å². The molecule has 1 fully saturated rings. The van der Waals surface area contributed by atoms with Crippen LogP contribution in [0.5, 0.6) is 0 Å². The molecule has 35 heavy (non-hydrogen) atoms. The van der Waals surface area contributed by atoms with Gasteiger partial charge >= 0.3 is 6.03 Å². The lowest BCUT2D eigenvalue weighted by Gasteiger charge is -2.35. The van der Waals surface area contributed by atoms with Gasteiger partial charge in [0.2, 0.25) is 0 Å². The first-order valence-corrected chi connectivity index (χ1v) is 12.5. The zero-order valence-electron chi connectivity index (χ0n) is 18.3. The van der Waals surface area contributed by atoms with E-state index in [1.807, 2.05) is 11.0 Å². The molecule has 1 saturated heterocycles. The summed E-state index contributed by atoms with van der Waals surface area (Å²) in [6, 6.07) is 9.80. The second-order valence-corrected chi connectivity index (χ2v) is 10.1. The molecular weight excluding hydrogens is 517 g/mol. The number of rotatable bonds is 4. The SMILES string of the molecule is O=C1NCc2nc(Sc3ccc(F)cc3F)c(N3CCC(O)CC3)cc2N1c1c(Cl)cccc1Cl. The Hall–Kier alpha value is -2.59. The van der Waals surface area contributed by atoms with E-state index in [9.17, 15) is 18.7 Å². The Morgan fingerprint density at radius 3 is 2.46 bits per heavy atom. The van der Waals surface area contributed by atoms with Crippen LogP contribution in [0.3, 0.4) is 0 Å². The normalized spacial score (nSPS) is 16.3. The molecular formula is C24H20Cl2F2N4O2S. The molecule has 11 heteroatoms. The minimum absolute atomic E-state index is 0.158. The first-order chi connectivity index (χ1) is 16.8. The molecule has 0 atom stereocenters. The van der Waals surface area contributed by atoms with Gasteiger partial charge in [0.05, 0.1) is 45.5 Å². The highest BCUT2D eigenvalue weighted by atomic mass is 35.5. The van der Waals surface area contributed by atoms with Gasteiger partial charge in [-0.2, -0.15) is 0 Å². The van der Waals surface area contributed by atoms with Crippen molar-refractivity contribution in [2.24, 2.45) is 0 Å². The number of nitrogens with one attached hydrogen (secondary N) is 1. The summed E-state index contributed by atoms with van der Waals surface area (Å²) < 4.78 is 28.0. The summed E-state index contributed by atoms with van der Waals surface area (Å²) in [6.45, 7) is 1.27. The molecule has 0 bridgehead atoms. The number of halogens is 4. The first-order valence-electron chi connectivity index (χ1n) is 10.9. The van der Waals surface area contributed by atoms with Gasteiger partial charge in [-0.1, -0.05) is 41.0 Å². The molecule has 0 spiro atoms. The second-order valence-electron chi connectivity index (χ2n) is 8.24. The number of nitrogens with zero attached hydrogens (tertiary/aromatic N) is 3. The number of carbonyl (C=O) groups excluding carboxylic acids is 1. The maximum atomic E-state index is 14.5. The van der Waals surface area contributed by atoms with E-state index in [1.54, 1.807) is 18.2 Å². The number of hydrogen-bond acceptors (Lipinski definition) is 5. The first kappa shape index (κ1) is 24.1. The Morgan fingerprint density at radius 2 is 1.77 bits per heavy atom. The van der Waals surface area contributed by atoms with Crippen molar-refractivity contribution in [3.63, 3.8) is 0 Å². The average Bonchev–Trinajstić information content (AvgIpc) is 2.82. The molecule has 2 N–H and O–H groups in total. The van der Waals surface area contributed by atoms with E-state index < -0.39 is 23.8 Å². The lowest BCUT2D eigenvalue weighted by atomic mass is 10.1. The van der Waals surface area contributed by atoms with Gasteiger partial charge in [-0.05, 0) is 43.2 Å². The van der Waals surface area contributed by atoms with Crippen molar-refractivity contribution in [3.8, 4) is 0 Å². The van der Waals surface area contributed by atoms with E-state index in [2.05, 4.69) is 5.32 Å². The molecule has 0 aliphatic carbocycles. The smallest absolute Gasteiger partial charge is 0.326 e. The van der Waals surface area contributed by atoms with Gasteiger partial charge < -0.3 is 15.3 Å². The number of hydrogen-bond donors (Lipinski definition) is 2. The van der Waals surface area contributed by atoms with E-state index >= 15 is 0 Å². The van der Waals surface area contributed by atoms with Gasteiger partial charge in [0, 0.05) is 24.1 Å². The fraction of sp³-hybridized carbons (Fsp3) is 0.250. The van der Waals surface area contributed by atoms with Crippen LogP contribution in [0, 0.1) is 11.6 Å². The van der Waals surface area contributed by atoms with Crippen LogP contribution in [0.15, 0.2) is 52.4 Å². The standard InChI is InChI=1S/C24H20Cl2F2N4O2S/c25-15-2-1-3-16(26)22(15)32-19-11-20(31-8-6-14(33)7-9-31)23(30-18(19)12-29-24(32)34)35-21-5-4-13(27)10-17(21)28/h1-5,10-11,14,33H,6-9,12H2,(H,29,34). The Bertz CT molecular complexity index is 1280. The maximum absolute atomic E-state index is 14.5. The third-order valence-corrected chi connectivity index (χ3v) is 7.60. The number of carbonyl (C=O) groups is 1. The van der Waals surface area contributed by atoms with Crippen LogP contribution in [-0.2, 0) is 6.54 Å². The van der Waals surface area contributed by atoms with Crippen LogP contribution in [0.1, 0.15) is 18.5 Å². The maximum Gasteiger partial charge on any atom is 0.326 e. The molecule has 0 unspecified atom stereocenters. The van der Waals surface area contributed by atoms with Gasteiger partial charge in [0.1, 0.15) is 16.7 Å². The van der Waals surface area contributed by atoms with Crippen molar-refractivity contribution in [2.45, 2.75) is 35.4 Å². The zero-order valence-corrected chi connectivity index (χ0v) is 20.6. The summed E-state index contributed by atoms with van der Waals surface area (Å²) in [6.07, 6.45) is 0.728. The Labute approximate surface area is 214 Å². The number of aliphatic hydroxyl groups is 1. The van der Waals surface area contributed by atoms with Crippen LogP contribution < -0.4 is 15.1 Å². The van der Waals surface area contributed by atoms with Gasteiger partial charge in [0.25, 0.3) is 0 Å². The topological polar surface area (TPSA) is 68.7 Å². The number of para-hydroxylation sites is 1. The molecule has 0 saturated carbocycles. The van der Waals surface area contributed by atoms with Gasteiger partial charge in [-0.3, -0.25) is 4.90 Å². The van der Waals surface area contributed by atoms with E-state index in [-0.39, 0.29) is 11.4 Å². The van der Waals surface area contributed by atoms with Crippen molar-refractivity contribution < 1.29 is 18.7 Å². The highest BCUT2D eigenvalue weighted by Crippen LogP contribution is 2.45. The minimum Gasteiger partial charge on any atom is -0.393 e. The van der Waals surface area contributed by atoms with Crippen LogP contribution in [0.2, 0.25) is 10.0 Å². The summed E-state index contributed by atoms with van der Waals surface area (Å²) in [5, 5.41) is 13.9. The van der Waals surface area contributed by atoms with Crippen molar-refractivity contribution in [3.05, 3.63) is 69.8 Å². The largest absolute Gasteiger partial charge is 0.393 e. The van der Waals surface area contributed by atoms with Crippen LogP contribution >= 0.6 is 35.0 Å². The number of fused-ring (bicyclic) bond motifs is 1. The third kappa shape index (κ3) is 4.78. The number of aliphatic hydroxyl groups excluding tert-OH is 1. The molecule has 1 aromatic heterocycles. The zero-order chi connectivity index (χ0) is 24.7. The predicted octanol–water partition coefficient (Wildman–Crippen LogP) is 6.14. The monoisotopic (exact) mass is 536 g/mol. The molecule has 2 amide bonds. The Morgan fingerprint density at radius 1 is 1.06 bits per heavy atom. The van der Waals surface area contributed by atoms with Crippen molar-refractivity contribution >= 4 is 58.1 Å². The average molecular weight is 537 g/mol. The van der Waals surface area contributed by atoms with Crippen molar-refractivity contribution in [1.82, 2.24) is 10.3 Å². The summed E-state index contributed by atoms with van der Waals surface area (Å²) in [5.74, 6) is -1.35. The van der Waals surface area contributed by atoms with E-state index in [0.29, 0.717) is 63.8 Å². The van der Waals surface area contributed by atoms with Gasteiger partial charge in [-0.15, -0.1) is 0 Å². The molecule has 2 aromatic carbocycles. The molecule has 2 aliphatic heterocycles. The molecule has 5 rings (SSSR count). The second kappa shape index (κ2) is 9.81. The molecule has 0 radical (unpaired) electrons. The minimum atomic E-state index is -0.688. The number of aromatic nitrogens is 1. The Kier molecular flexibility index (Phi) is 6.76. The molecule has 3 aromatic rings. The van der Waals surface area contributed by atoms with Crippen molar-refractivity contribution in [1.29, 1.82) is 0 Å². The summed E-state index contributed by atoms with van der Waals surface area (Å²) in [4.78, 5) is 21.4. The molecule has 6 nitrogen and oxygen atoms in total. The van der Waals surface area contributed by atoms with E-state index in [0.717, 1.165) is 17.8 Å². The summed E-state index contributed by atoms with van der Waals surface area (Å²) in [7, 11) is 0. The summed E-state index contributed by atoms with van der Waals surface area (Å²) in [5.41, 5.74) is 2.06. The number of urea groups is 1. The molecule has 182 valence electrons. The van der Waals surface area contributed by atoms with E-state index in [1.165, 1.54) is 17.0 Å². The molecule has 3 heterocycles. The lowest BCUT2D eigenvalue weighted by molar-refractivity contribution is 0.145. The highest BCUT2D eigenvalue weighted by molar-refractivity contribution is 7.99. The number of pyridine rings is 1. The number of amides is 2. The Balaban J connectivity index is 1.64. The van der Waals surface area contributed by atoms with Crippen molar-refractivity contribution in [2.75, 3.05) is 22.9 Å². The fourth-order valence-electron chi connectivity index (χ4n) is 4.18. The number of piperidine rings is 1. The van der Waals surface area contributed by atoms with Crippen LogP contribution in [0.25, 0.3) is 0 Å². The third-order valence-electron chi connectivity index (χ3n) is 5.94. The number of benzene rings is 2. The summed E-state index contributed by atoms with van der Waals surface area (Å²) >= 11 is 13.9. The van der Waals surface area contributed by atoms with Crippen LogP contribution in [0.4, 0.5) is 30.6 Å². The van der Waals surface area contributed by atoms with E-state index in [4.69, 9.17) is 28.2 Å². The highest BCUT2D eigenvalue weighted by Gasteiger charge is 2.32. The quantitative estimate of drug-likeness (QED) is 0.419. The van der Waals surface area contributed by atoms with Gasteiger partial charge in [0.15, 0.2) is 0 Å². The fourth-order valence-corrected chi connectivity index (χ4v) is 5.69. The lowest BCUT2D eigenvalue weighted by Crippen LogP contribution is -2.42. The predicted molar refractivity (Wildman–Crippen MR) is 133 cm³/mol. The molecule has 2 aliphatic rings. The number of anilines is 3. The van der Waals surface area contributed by atoms with Gasteiger partial charge in [-0.25, -0.2) is 18.6 Å².